The molecule has 3 aliphatic heterocycles. The topological polar surface area (TPSA) is 65.3 Å². The molecule has 0 amide bonds. The molecule has 4 bridgehead atoms. The van der Waals surface area contributed by atoms with Crippen LogP contribution in [-0.2, 0) is 19.6 Å². The molecule has 7 fully saturated rings. The van der Waals surface area contributed by atoms with E-state index >= 15 is 0 Å². The Morgan fingerprint density at radius 2 is 1.22 bits per heavy atom. The van der Waals surface area contributed by atoms with Gasteiger partial charge in [-0.25, -0.2) is 0 Å². The van der Waals surface area contributed by atoms with E-state index in [9.17, 15) is 0 Å². The third-order valence-electron chi connectivity index (χ3n) is 8.52. The van der Waals surface area contributed by atoms with E-state index in [-0.39, 0.29) is 23.7 Å². The molecule has 8 rings (SSSR count). The van der Waals surface area contributed by atoms with Gasteiger partial charge in [-0.3, -0.25) is 0 Å². The number of rotatable bonds is 10. The fourth-order valence-electron chi connectivity index (χ4n) is 7.15. The molecule has 3 heterocycles. The molecule has 6 nitrogen and oxygen atoms in total. The van der Waals surface area contributed by atoms with E-state index < -0.39 is 0 Å². The Labute approximate surface area is 189 Å². The van der Waals surface area contributed by atoms with Gasteiger partial charge < -0.3 is 28.4 Å². The van der Waals surface area contributed by atoms with Crippen LogP contribution in [0.1, 0.15) is 49.7 Å². The van der Waals surface area contributed by atoms with Gasteiger partial charge in [-0.15, -0.1) is 0 Å². The predicted octanol–water partition coefficient (Wildman–Crippen LogP) is 3.80. The zero-order valence-corrected chi connectivity index (χ0v) is 19.0. The monoisotopic (exact) mass is 442 g/mol. The first-order valence-electron chi connectivity index (χ1n) is 12.6. The molecular weight excluding hydrogens is 408 g/mol. The van der Waals surface area contributed by atoms with Crippen LogP contribution in [0, 0.1) is 24.7 Å². The molecule has 3 saturated heterocycles. The zero-order chi connectivity index (χ0) is 21.3. The van der Waals surface area contributed by atoms with E-state index in [2.05, 4.69) is 13.0 Å². The highest BCUT2D eigenvalue weighted by atomic mass is 16.6. The van der Waals surface area contributed by atoms with Crippen LogP contribution in [0.2, 0.25) is 0 Å². The predicted molar refractivity (Wildman–Crippen MR) is 117 cm³/mol. The minimum atomic E-state index is 0.178. The van der Waals surface area contributed by atoms with E-state index in [4.69, 9.17) is 28.4 Å². The van der Waals surface area contributed by atoms with Crippen LogP contribution in [0.5, 0.6) is 17.2 Å². The lowest BCUT2D eigenvalue weighted by Gasteiger charge is -2.57. The molecule has 7 aliphatic rings. The highest BCUT2D eigenvalue weighted by molar-refractivity contribution is 5.61. The molecule has 0 spiro atoms. The summed E-state index contributed by atoms with van der Waals surface area (Å²) in [5, 5.41) is 0. The van der Waals surface area contributed by atoms with Crippen LogP contribution in [-0.4, -0.2) is 58.0 Å². The van der Waals surface area contributed by atoms with Gasteiger partial charge in [-0.2, -0.15) is 0 Å². The number of epoxide rings is 3. The summed E-state index contributed by atoms with van der Waals surface area (Å²) in [7, 11) is 0. The van der Waals surface area contributed by atoms with Crippen LogP contribution in [0.15, 0.2) is 6.07 Å². The van der Waals surface area contributed by atoms with Gasteiger partial charge in [0.25, 0.3) is 0 Å². The smallest absolute Gasteiger partial charge is 0.203 e. The summed E-state index contributed by atoms with van der Waals surface area (Å²) in [6, 6.07) is 2.30. The fraction of sp³-hybridized carbons (Fsp3) is 0.769. The maximum absolute atomic E-state index is 6.41. The Kier molecular flexibility index (Phi) is 4.67. The molecule has 4 aliphatic carbocycles. The van der Waals surface area contributed by atoms with Crippen molar-refractivity contribution in [3.8, 4) is 17.2 Å². The van der Waals surface area contributed by atoms with Crippen molar-refractivity contribution in [3.63, 3.8) is 0 Å². The standard InChI is InChI=1S/C26H34O6/c1-15-22(26-6-16-2-17(7-26)4-18(3-16)8-26)5-23(30-12-19-9-27-19)25(32-14-21-11-29-21)24(15)31-13-20-10-28-20/h5,16-21H,2-4,6-14H2,1H3. The van der Waals surface area contributed by atoms with Gasteiger partial charge in [-0.1, -0.05) is 0 Å². The molecule has 0 radical (unpaired) electrons. The van der Waals surface area contributed by atoms with Crippen molar-refractivity contribution in [1.82, 2.24) is 0 Å². The van der Waals surface area contributed by atoms with Crippen LogP contribution >= 0.6 is 0 Å². The molecule has 1 aromatic rings. The molecule has 3 atom stereocenters. The van der Waals surface area contributed by atoms with E-state index in [1.807, 2.05) is 0 Å². The summed E-state index contributed by atoms with van der Waals surface area (Å²) >= 11 is 0. The van der Waals surface area contributed by atoms with Gasteiger partial charge in [0.05, 0.1) is 19.8 Å². The van der Waals surface area contributed by atoms with Crippen molar-refractivity contribution in [2.75, 3.05) is 39.6 Å². The number of hydrogen-bond acceptors (Lipinski definition) is 6. The first kappa shape index (κ1) is 19.9. The van der Waals surface area contributed by atoms with Crippen LogP contribution in [0.3, 0.4) is 0 Å². The lowest BCUT2D eigenvalue weighted by atomic mass is 9.47. The number of hydrogen-bond donors (Lipinski definition) is 0. The van der Waals surface area contributed by atoms with E-state index in [1.54, 1.807) is 0 Å². The summed E-state index contributed by atoms with van der Waals surface area (Å²) in [6.45, 7) is 6.21. The third-order valence-corrected chi connectivity index (χ3v) is 8.52. The van der Waals surface area contributed by atoms with E-state index in [0.29, 0.717) is 19.8 Å². The minimum absolute atomic E-state index is 0.178. The van der Waals surface area contributed by atoms with Crippen molar-refractivity contribution < 1.29 is 28.4 Å². The van der Waals surface area contributed by atoms with Crippen molar-refractivity contribution in [2.45, 2.75) is 69.2 Å². The first-order valence-corrected chi connectivity index (χ1v) is 12.6. The van der Waals surface area contributed by atoms with Gasteiger partial charge in [-0.05, 0) is 85.8 Å². The minimum Gasteiger partial charge on any atom is -0.487 e. The maximum atomic E-state index is 6.41. The quantitative estimate of drug-likeness (QED) is 0.514. The molecule has 0 aromatic heterocycles. The van der Waals surface area contributed by atoms with Gasteiger partial charge in [0, 0.05) is 0 Å². The first-order chi connectivity index (χ1) is 15.6. The molecule has 174 valence electrons. The maximum Gasteiger partial charge on any atom is 0.203 e. The fourth-order valence-corrected chi connectivity index (χ4v) is 7.15. The van der Waals surface area contributed by atoms with E-state index in [1.165, 1.54) is 49.7 Å². The second kappa shape index (κ2) is 7.51. The summed E-state index contributed by atoms with van der Waals surface area (Å²) in [5.74, 6) is 5.05. The Bertz CT molecular complexity index is 850. The summed E-state index contributed by atoms with van der Waals surface area (Å²) in [4.78, 5) is 0. The second-order valence-electron chi connectivity index (χ2n) is 11.2. The van der Waals surface area contributed by atoms with Gasteiger partial charge in [0.15, 0.2) is 11.5 Å². The molecule has 3 unspecified atom stereocenters. The number of ether oxygens (including phenoxy) is 6. The normalized spacial score (nSPS) is 40.3. The Morgan fingerprint density at radius 3 is 1.72 bits per heavy atom. The Hall–Kier alpha value is -1.50. The highest BCUT2D eigenvalue weighted by Gasteiger charge is 2.52. The van der Waals surface area contributed by atoms with Crippen LogP contribution < -0.4 is 14.2 Å². The molecule has 0 N–H and O–H groups in total. The van der Waals surface area contributed by atoms with Gasteiger partial charge in [0.1, 0.15) is 38.1 Å². The highest BCUT2D eigenvalue weighted by Crippen LogP contribution is 2.62. The average Bonchev–Trinajstić information content (AvgIpc) is 3.60. The number of benzene rings is 1. The van der Waals surface area contributed by atoms with Crippen molar-refractivity contribution >= 4 is 0 Å². The largest absolute Gasteiger partial charge is 0.487 e. The Balaban J connectivity index is 1.28. The lowest BCUT2D eigenvalue weighted by Crippen LogP contribution is -2.48. The van der Waals surface area contributed by atoms with Crippen molar-refractivity contribution in [2.24, 2.45) is 17.8 Å². The van der Waals surface area contributed by atoms with Crippen LogP contribution in [0.25, 0.3) is 0 Å². The van der Waals surface area contributed by atoms with Gasteiger partial charge in [0.2, 0.25) is 5.75 Å². The molecule has 4 saturated carbocycles. The van der Waals surface area contributed by atoms with Crippen molar-refractivity contribution in [3.05, 3.63) is 17.2 Å². The summed E-state index contributed by atoms with van der Waals surface area (Å²) in [5.41, 5.74) is 2.93. The molecular formula is C26H34O6. The molecule has 32 heavy (non-hydrogen) atoms. The van der Waals surface area contributed by atoms with Crippen LogP contribution in [0.4, 0.5) is 0 Å². The third kappa shape index (κ3) is 3.78. The summed E-state index contributed by atoms with van der Waals surface area (Å²) in [6.07, 6.45) is 8.82. The Morgan fingerprint density at radius 1 is 0.750 bits per heavy atom. The summed E-state index contributed by atoms with van der Waals surface area (Å²) < 4.78 is 35.3. The van der Waals surface area contributed by atoms with Gasteiger partial charge >= 0.3 is 0 Å². The molecule has 6 heteroatoms. The SMILES string of the molecule is Cc1c(C23CC4CC(CC(C4)C2)C3)cc(OCC2CO2)c(OCC2CO2)c1OCC1CO1. The lowest BCUT2D eigenvalue weighted by molar-refractivity contribution is -0.00574. The second-order valence-corrected chi connectivity index (χ2v) is 11.2. The molecule has 1 aromatic carbocycles. The zero-order valence-electron chi connectivity index (χ0n) is 19.0. The van der Waals surface area contributed by atoms with E-state index in [0.717, 1.165) is 54.8 Å². The van der Waals surface area contributed by atoms with Crippen molar-refractivity contribution in [1.29, 1.82) is 0 Å². The average molecular weight is 443 g/mol.